The fourth-order valence-electron chi connectivity index (χ4n) is 1.52. The normalized spacial score (nSPS) is 11.6. The molecule has 0 rings (SSSR count). The zero-order chi connectivity index (χ0) is 11.5. The second kappa shape index (κ2) is 10.4. The van der Waals surface area contributed by atoms with Crippen LogP contribution in [0.2, 0.25) is 0 Å². The lowest BCUT2D eigenvalue weighted by atomic mass is 10.4. The Kier molecular flexibility index (Phi) is 10.3. The molecular weight excluding hydrogens is 192 g/mol. The second-order valence-electron chi connectivity index (χ2n) is 3.58. The van der Waals surface area contributed by atoms with Crippen molar-refractivity contribution in [3.8, 4) is 0 Å². The van der Waals surface area contributed by atoms with E-state index >= 15 is 0 Å². The summed E-state index contributed by atoms with van der Waals surface area (Å²) in [5.41, 5.74) is 0. The van der Waals surface area contributed by atoms with Crippen molar-refractivity contribution in [2.75, 3.05) is 59.6 Å². The topological polar surface area (TPSA) is 35.9 Å². The maximum absolute atomic E-state index is 8.92. The number of aliphatic hydroxyl groups is 1. The first-order valence-electron chi connectivity index (χ1n) is 5.82. The van der Waals surface area contributed by atoms with Gasteiger partial charge in [-0.25, -0.2) is 0 Å². The van der Waals surface area contributed by atoms with Crippen LogP contribution in [0.5, 0.6) is 0 Å². The Bertz CT molecular complexity index is 130. The molecule has 0 heterocycles. The molecule has 4 nitrogen and oxygen atoms in total. The molecule has 0 unspecified atom stereocenters. The van der Waals surface area contributed by atoms with Crippen LogP contribution in [0.4, 0.5) is 0 Å². The average molecular weight is 218 g/mol. The molecule has 0 saturated carbocycles. The van der Waals surface area contributed by atoms with Gasteiger partial charge in [-0.2, -0.15) is 0 Å². The van der Waals surface area contributed by atoms with E-state index < -0.39 is 0 Å². The Morgan fingerprint density at radius 2 is 1.53 bits per heavy atom. The lowest BCUT2D eigenvalue weighted by Gasteiger charge is -2.25. The molecule has 0 aliphatic rings. The van der Waals surface area contributed by atoms with Crippen LogP contribution in [-0.2, 0) is 4.74 Å². The van der Waals surface area contributed by atoms with Crippen LogP contribution in [0.1, 0.15) is 13.8 Å². The largest absolute Gasteiger partial charge is 0.395 e. The molecule has 0 atom stereocenters. The first-order valence-corrected chi connectivity index (χ1v) is 5.82. The zero-order valence-electron chi connectivity index (χ0n) is 10.4. The summed E-state index contributed by atoms with van der Waals surface area (Å²) in [6.07, 6.45) is 0. The molecule has 0 aliphatic carbocycles. The van der Waals surface area contributed by atoms with Crippen molar-refractivity contribution < 1.29 is 9.84 Å². The molecule has 0 aliphatic heterocycles. The summed E-state index contributed by atoms with van der Waals surface area (Å²) in [6, 6.07) is 0. The quantitative estimate of drug-likeness (QED) is 0.571. The number of hydrogen-bond donors (Lipinski definition) is 1. The van der Waals surface area contributed by atoms with E-state index in [9.17, 15) is 0 Å². The van der Waals surface area contributed by atoms with E-state index in [-0.39, 0.29) is 6.61 Å². The number of hydrogen-bond acceptors (Lipinski definition) is 4. The third-order valence-corrected chi connectivity index (χ3v) is 2.65. The van der Waals surface area contributed by atoms with Crippen LogP contribution in [0.3, 0.4) is 0 Å². The second-order valence-corrected chi connectivity index (χ2v) is 3.58. The Morgan fingerprint density at radius 3 is 2.00 bits per heavy atom. The Labute approximate surface area is 93.8 Å². The number of nitrogens with zero attached hydrogens (tertiary/aromatic N) is 2. The minimum absolute atomic E-state index is 0.224. The van der Waals surface area contributed by atoms with E-state index in [2.05, 4.69) is 23.6 Å². The molecule has 1 N–H and O–H groups in total. The molecule has 0 radical (unpaired) electrons. The Balaban J connectivity index is 3.72. The molecule has 0 spiro atoms. The van der Waals surface area contributed by atoms with Crippen molar-refractivity contribution in [2.45, 2.75) is 13.8 Å². The number of aliphatic hydroxyl groups excluding tert-OH is 1. The summed E-state index contributed by atoms with van der Waals surface area (Å²) in [5, 5.41) is 8.92. The molecule has 0 aromatic carbocycles. The van der Waals surface area contributed by atoms with Gasteiger partial charge in [0.15, 0.2) is 0 Å². The maximum atomic E-state index is 8.92. The fourth-order valence-corrected chi connectivity index (χ4v) is 1.52. The number of ether oxygens (including phenoxy) is 1. The standard InChI is InChI=1S/C11H26N2O2/c1-4-12(5-2)6-7-13(8-10-14)9-11-15-3/h14H,4-11H2,1-3H3. The van der Waals surface area contributed by atoms with Crippen molar-refractivity contribution >= 4 is 0 Å². The molecular formula is C11H26N2O2. The van der Waals surface area contributed by atoms with Gasteiger partial charge >= 0.3 is 0 Å². The third-order valence-electron chi connectivity index (χ3n) is 2.65. The minimum Gasteiger partial charge on any atom is -0.395 e. The van der Waals surface area contributed by atoms with Crippen LogP contribution in [-0.4, -0.2) is 74.5 Å². The molecule has 0 bridgehead atoms. The zero-order valence-corrected chi connectivity index (χ0v) is 10.4. The van der Waals surface area contributed by atoms with Gasteiger partial charge in [-0.15, -0.1) is 0 Å². The Morgan fingerprint density at radius 1 is 0.933 bits per heavy atom. The molecule has 0 aromatic heterocycles. The van der Waals surface area contributed by atoms with Crippen LogP contribution in [0.15, 0.2) is 0 Å². The van der Waals surface area contributed by atoms with E-state index in [0.717, 1.165) is 45.9 Å². The highest BCUT2D eigenvalue weighted by Crippen LogP contribution is 1.92. The molecule has 15 heavy (non-hydrogen) atoms. The highest BCUT2D eigenvalue weighted by molar-refractivity contribution is 4.61. The smallest absolute Gasteiger partial charge is 0.0589 e. The average Bonchev–Trinajstić information content (AvgIpc) is 2.27. The summed E-state index contributed by atoms with van der Waals surface area (Å²) in [7, 11) is 1.71. The van der Waals surface area contributed by atoms with Gasteiger partial charge in [0.25, 0.3) is 0 Å². The predicted molar refractivity (Wildman–Crippen MR) is 63.2 cm³/mol. The van der Waals surface area contributed by atoms with Crippen molar-refractivity contribution in [1.29, 1.82) is 0 Å². The number of methoxy groups -OCH3 is 1. The van der Waals surface area contributed by atoms with Crippen molar-refractivity contribution in [1.82, 2.24) is 9.80 Å². The van der Waals surface area contributed by atoms with E-state index in [1.165, 1.54) is 0 Å². The first kappa shape index (κ1) is 14.8. The summed E-state index contributed by atoms with van der Waals surface area (Å²) < 4.78 is 5.04. The van der Waals surface area contributed by atoms with Crippen LogP contribution in [0.25, 0.3) is 0 Å². The van der Waals surface area contributed by atoms with Crippen molar-refractivity contribution in [3.63, 3.8) is 0 Å². The summed E-state index contributed by atoms with van der Waals surface area (Å²) in [5.74, 6) is 0. The first-order chi connectivity index (χ1) is 7.28. The summed E-state index contributed by atoms with van der Waals surface area (Å²) in [6.45, 7) is 11.2. The molecule has 0 amide bonds. The van der Waals surface area contributed by atoms with E-state index in [4.69, 9.17) is 9.84 Å². The lowest BCUT2D eigenvalue weighted by Crippen LogP contribution is -2.38. The third kappa shape index (κ3) is 7.73. The van der Waals surface area contributed by atoms with Crippen molar-refractivity contribution in [3.05, 3.63) is 0 Å². The number of rotatable bonds is 10. The van der Waals surface area contributed by atoms with E-state index in [1.54, 1.807) is 7.11 Å². The number of likely N-dealkylation sites (N-methyl/N-ethyl adjacent to an activating group) is 1. The van der Waals surface area contributed by atoms with E-state index in [1.807, 2.05) is 0 Å². The highest BCUT2D eigenvalue weighted by Gasteiger charge is 2.06. The van der Waals surface area contributed by atoms with Gasteiger partial charge < -0.3 is 14.7 Å². The van der Waals surface area contributed by atoms with Crippen LogP contribution < -0.4 is 0 Å². The Hall–Kier alpha value is -0.160. The molecule has 0 saturated heterocycles. The van der Waals surface area contributed by atoms with Crippen LogP contribution >= 0.6 is 0 Å². The predicted octanol–water partition coefficient (Wildman–Crippen LogP) is 0.269. The van der Waals surface area contributed by atoms with Gasteiger partial charge in [-0.05, 0) is 13.1 Å². The van der Waals surface area contributed by atoms with Crippen molar-refractivity contribution in [2.24, 2.45) is 0 Å². The van der Waals surface area contributed by atoms with E-state index in [0.29, 0.717) is 0 Å². The molecule has 92 valence electrons. The minimum atomic E-state index is 0.224. The van der Waals surface area contributed by atoms with Gasteiger partial charge in [0.1, 0.15) is 0 Å². The van der Waals surface area contributed by atoms with Gasteiger partial charge in [0.05, 0.1) is 13.2 Å². The summed E-state index contributed by atoms with van der Waals surface area (Å²) >= 11 is 0. The SMILES string of the molecule is CCN(CC)CCN(CCO)CCOC. The molecule has 0 fully saturated rings. The summed E-state index contributed by atoms with van der Waals surface area (Å²) in [4.78, 5) is 4.62. The maximum Gasteiger partial charge on any atom is 0.0589 e. The van der Waals surface area contributed by atoms with Crippen LogP contribution in [0, 0.1) is 0 Å². The molecule has 0 aromatic rings. The van der Waals surface area contributed by atoms with Gasteiger partial charge in [0, 0.05) is 33.3 Å². The lowest BCUT2D eigenvalue weighted by molar-refractivity contribution is 0.121. The van der Waals surface area contributed by atoms with Gasteiger partial charge in [0.2, 0.25) is 0 Å². The fraction of sp³-hybridized carbons (Fsp3) is 1.00. The van der Waals surface area contributed by atoms with Gasteiger partial charge in [-0.1, -0.05) is 13.8 Å². The highest BCUT2D eigenvalue weighted by atomic mass is 16.5. The van der Waals surface area contributed by atoms with Gasteiger partial charge in [-0.3, -0.25) is 4.90 Å². The monoisotopic (exact) mass is 218 g/mol. The molecule has 4 heteroatoms.